The number of aromatic nitrogens is 1. The van der Waals surface area contributed by atoms with Crippen molar-refractivity contribution in [1.82, 2.24) is 20.1 Å². The lowest BCUT2D eigenvalue weighted by molar-refractivity contribution is -0.150. The first-order valence-corrected chi connectivity index (χ1v) is 14.3. The van der Waals surface area contributed by atoms with Crippen LogP contribution in [0.25, 0.3) is 15.8 Å². The van der Waals surface area contributed by atoms with Gasteiger partial charge in [-0.25, -0.2) is 14.8 Å². The van der Waals surface area contributed by atoms with Crippen molar-refractivity contribution < 1.29 is 14.7 Å². The molecule has 212 valence electrons. The number of likely N-dealkylation sites (N-methyl/N-ethyl adjacent to an activating group) is 1. The molecule has 1 atom stereocenters. The predicted molar refractivity (Wildman–Crippen MR) is 164 cm³/mol. The molecule has 10 heteroatoms. The lowest BCUT2D eigenvalue weighted by atomic mass is 9.80. The monoisotopic (exact) mass is 562 g/mol. The summed E-state index contributed by atoms with van der Waals surface area (Å²) in [7, 11) is 2.04. The molecular formula is C30H38N6O3S. The molecule has 0 bridgehead atoms. The highest BCUT2D eigenvalue weighted by Gasteiger charge is 2.37. The van der Waals surface area contributed by atoms with E-state index >= 15 is 0 Å². The topological polar surface area (TPSA) is 110 Å². The number of benzene rings is 1. The number of carboxylic acid groups (broad SMARTS) is 1. The molecule has 2 aliphatic rings. The fraction of sp³-hybridized carbons (Fsp3) is 0.400. The Kier molecular flexibility index (Phi) is 8.78. The van der Waals surface area contributed by atoms with E-state index in [2.05, 4.69) is 39.2 Å². The number of carbonyl (C=O) groups excluding carboxylic acids is 1. The molecule has 2 aliphatic heterocycles. The molecule has 1 aromatic carbocycles. The number of aliphatic imine (C=N–C) groups is 1. The van der Waals surface area contributed by atoms with Crippen LogP contribution in [0.5, 0.6) is 0 Å². The first kappa shape index (κ1) is 29.1. The fourth-order valence-corrected chi connectivity index (χ4v) is 6.06. The number of urea groups is 1. The maximum atomic E-state index is 12.2. The van der Waals surface area contributed by atoms with E-state index in [1.807, 2.05) is 58.3 Å². The minimum atomic E-state index is -0.750. The molecular weight excluding hydrogens is 524 g/mol. The molecule has 1 aromatic heterocycles. The first-order valence-electron chi connectivity index (χ1n) is 13.5. The first-order chi connectivity index (χ1) is 19.1. The quantitative estimate of drug-likeness (QED) is 0.340. The van der Waals surface area contributed by atoms with E-state index in [0.29, 0.717) is 43.4 Å². The number of anilines is 1. The van der Waals surface area contributed by atoms with Gasteiger partial charge >= 0.3 is 12.0 Å². The molecule has 2 amide bonds. The van der Waals surface area contributed by atoms with Crippen molar-refractivity contribution in [3.05, 3.63) is 66.2 Å². The molecule has 1 fully saturated rings. The third-order valence-corrected chi connectivity index (χ3v) is 8.63. The minimum absolute atomic E-state index is 0.00688. The van der Waals surface area contributed by atoms with Crippen LogP contribution in [0.3, 0.4) is 0 Å². The summed E-state index contributed by atoms with van der Waals surface area (Å²) in [5.41, 5.74) is 3.93. The van der Waals surface area contributed by atoms with E-state index in [4.69, 9.17) is 9.98 Å². The van der Waals surface area contributed by atoms with Gasteiger partial charge in [0.25, 0.3) is 0 Å². The van der Waals surface area contributed by atoms with Gasteiger partial charge in [-0.2, -0.15) is 0 Å². The van der Waals surface area contributed by atoms with Crippen molar-refractivity contribution in [3.63, 3.8) is 0 Å². The number of carboxylic acids is 1. The van der Waals surface area contributed by atoms with Gasteiger partial charge in [0.05, 0.1) is 21.7 Å². The summed E-state index contributed by atoms with van der Waals surface area (Å²) in [5.74, 6) is -0.118. The van der Waals surface area contributed by atoms with Gasteiger partial charge in [0, 0.05) is 32.4 Å². The van der Waals surface area contributed by atoms with E-state index in [0.717, 1.165) is 32.6 Å². The molecule has 0 radical (unpaired) electrons. The van der Waals surface area contributed by atoms with Gasteiger partial charge in [-0.3, -0.25) is 10.1 Å². The number of rotatable bonds is 8. The second-order valence-electron chi connectivity index (χ2n) is 10.4. The number of carbonyl (C=O) groups is 2. The molecule has 4 rings (SSSR count). The molecule has 1 unspecified atom stereocenters. The number of nitrogens with one attached hydrogen (secondary N) is 2. The Hall–Kier alpha value is -3.92. The average molecular weight is 563 g/mol. The molecule has 9 nitrogen and oxygen atoms in total. The van der Waals surface area contributed by atoms with Crippen LogP contribution in [0.2, 0.25) is 0 Å². The fourth-order valence-electron chi connectivity index (χ4n) is 5.08. The summed E-state index contributed by atoms with van der Waals surface area (Å²) in [5, 5.41) is 15.7. The molecule has 3 N–H and O–H groups in total. The van der Waals surface area contributed by atoms with Crippen LogP contribution in [0, 0.1) is 5.41 Å². The van der Waals surface area contributed by atoms with E-state index < -0.39 is 11.4 Å². The lowest BCUT2D eigenvalue weighted by Crippen LogP contribution is -2.41. The van der Waals surface area contributed by atoms with Gasteiger partial charge in [-0.15, -0.1) is 0 Å². The molecule has 1 saturated heterocycles. The van der Waals surface area contributed by atoms with E-state index in [-0.39, 0.29) is 12.1 Å². The number of hydrogen-bond donors (Lipinski definition) is 3. The summed E-state index contributed by atoms with van der Waals surface area (Å²) < 4.78 is 1.01. The van der Waals surface area contributed by atoms with Gasteiger partial charge in [0.15, 0.2) is 5.13 Å². The van der Waals surface area contributed by atoms with Crippen LogP contribution in [0.4, 0.5) is 9.93 Å². The number of likely N-dealkylation sites (tertiary alicyclic amines) is 1. The Morgan fingerprint density at radius 2 is 2.02 bits per heavy atom. The highest BCUT2D eigenvalue weighted by molar-refractivity contribution is 7.22. The van der Waals surface area contributed by atoms with Crippen molar-refractivity contribution in [2.75, 3.05) is 32.0 Å². The number of hydrogen-bond acceptors (Lipinski definition) is 7. The Labute approximate surface area is 239 Å². The number of aliphatic carboxylic acids is 1. The Balaban J connectivity index is 1.67. The highest BCUT2D eigenvalue weighted by atomic mass is 32.1. The number of thiazole rings is 1. The number of amides is 2. The molecule has 0 spiro atoms. The minimum Gasteiger partial charge on any atom is -0.481 e. The zero-order valence-corrected chi connectivity index (χ0v) is 24.6. The molecule has 0 aliphatic carbocycles. The molecule has 40 heavy (non-hydrogen) atoms. The van der Waals surface area contributed by atoms with Crippen LogP contribution in [0.15, 0.2) is 60.0 Å². The number of allylic oxidation sites excluding steroid dienone is 4. The smallest absolute Gasteiger partial charge is 0.321 e. The maximum absolute atomic E-state index is 12.2. The summed E-state index contributed by atoms with van der Waals surface area (Å²) in [4.78, 5) is 37.7. The lowest BCUT2D eigenvalue weighted by Gasteiger charge is -2.37. The molecule has 3 heterocycles. The van der Waals surface area contributed by atoms with E-state index in [1.165, 1.54) is 11.3 Å². The molecule has 0 saturated carbocycles. The summed E-state index contributed by atoms with van der Waals surface area (Å²) in [6.45, 7) is 13.6. The van der Waals surface area contributed by atoms with Gasteiger partial charge in [0.2, 0.25) is 0 Å². The normalized spacial score (nSPS) is 19.2. The largest absolute Gasteiger partial charge is 0.481 e. The standard InChI is InChI=1S/C30H38N6O3S/c1-7-22(19(3)32-20(4)36-15-12-30(5,13-16-36)27(37)38)21-17-23(25-11-9-10-14-35(25)6)26-24(18-21)33-29(40-26)34-28(39)31-8-2/h7,9-11,14,17-18,25H,4,8,12-13,15-16H2,1-3,5-6H3,(H,37,38)(H2,31,33,34,39)/b22-7+,32-19-. The Morgan fingerprint density at radius 3 is 2.65 bits per heavy atom. The zero-order valence-electron chi connectivity index (χ0n) is 23.8. The van der Waals surface area contributed by atoms with Crippen LogP contribution >= 0.6 is 11.3 Å². The average Bonchev–Trinajstić information content (AvgIpc) is 3.31. The Bertz CT molecular complexity index is 1430. The number of nitrogens with zero attached hydrogens (tertiary/aromatic N) is 4. The SMILES string of the molecule is C=C(/N=C(C)\C(=C/C)c1cc(C2C=CC=CN2C)c2sc(NC(=O)NCC)nc2c1)N1CCC(C)(C(=O)O)CC1. The van der Waals surface area contributed by atoms with Gasteiger partial charge in [0.1, 0.15) is 5.82 Å². The highest BCUT2D eigenvalue weighted by Crippen LogP contribution is 2.38. The Morgan fingerprint density at radius 1 is 1.30 bits per heavy atom. The van der Waals surface area contributed by atoms with Crippen LogP contribution in [-0.4, -0.2) is 64.3 Å². The van der Waals surface area contributed by atoms with Crippen molar-refractivity contribution in [2.24, 2.45) is 10.4 Å². The zero-order chi connectivity index (χ0) is 29.0. The number of fused-ring (bicyclic) bond motifs is 1. The maximum Gasteiger partial charge on any atom is 0.321 e. The summed E-state index contributed by atoms with van der Waals surface area (Å²) in [6.07, 6.45) is 11.4. The van der Waals surface area contributed by atoms with Gasteiger partial charge in [-0.1, -0.05) is 36.1 Å². The number of piperidine rings is 1. The van der Waals surface area contributed by atoms with Crippen molar-refractivity contribution in [1.29, 1.82) is 0 Å². The van der Waals surface area contributed by atoms with E-state index in [1.54, 1.807) is 6.92 Å². The third kappa shape index (κ3) is 6.12. The summed E-state index contributed by atoms with van der Waals surface area (Å²) >= 11 is 1.46. The third-order valence-electron chi connectivity index (χ3n) is 7.59. The van der Waals surface area contributed by atoms with Gasteiger partial charge < -0.3 is 20.2 Å². The second-order valence-corrected chi connectivity index (χ2v) is 11.4. The van der Waals surface area contributed by atoms with Gasteiger partial charge in [-0.05, 0) is 81.6 Å². The van der Waals surface area contributed by atoms with Crippen LogP contribution < -0.4 is 10.6 Å². The second kappa shape index (κ2) is 12.1. The van der Waals surface area contributed by atoms with Crippen molar-refractivity contribution in [2.45, 2.75) is 46.6 Å². The van der Waals surface area contributed by atoms with Crippen LogP contribution in [-0.2, 0) is 4.79 Å². The summed E-state index contributed by atoms with van der Waals surface area (Å²) in [6, 6.07) is 3.94. The molecule has 2 aromatic rings. The van der Waals surface area contributed by atoms with Crippen LogP contribution in [0.1, 0.15) is 57.7 Å². The van der Waals surface area contributed by atoms with E-state index in [9.17, 15) is 14.7 Å². The van der Waals surface area contributed by atoms with Crippen molar-refractivity contribution in [3.8, 4) is 0 Å². The predicted octanol–water partition coefficient (Wildman–Crippen LogP) is 6.02. The van der Waals surface area contributed by atoms with Crippen molar-refractivity contribution >= 4 is 50.0 Å².